The predicted molar refractivity (Wildman–Crippen MR) is 69.8 cm³/mol. The van der Waals surface area contributed by atoms with Crippen LogP contribution in [0.25, 0.3) is 0 Å². The van der Waals surface area contributed by atoms with Crippen molar-refractivity contribution in [3.63, 3.8) is 0 Å². The third-order valence-electron chi connectivity index (χ3n) is 2.87. The molecule has 2 amide bonds. The first-order chi connectivity index (χ1) is 9.63. The molecule has 2 heterocycles. The first kappa shape index (κ1) is 14.1. The van der Waals surface area contributed by atoms with Gasteiger partial charge in [0.1, 0.15) is 5.76 Å². The van der Waals surface area contributed by atoms with E-state index in [1.165, 1.54) is 10.0 Å². The monoisotopic (exact) mass is 279 g/mol. The average molecular weight is 279 g/mol. The lowest BCUT2D eigenvalue weighted by molar-refractivity contribution is 0.0130. The van der Waals surface area contributed by atoms with Gasteiger partial charge in [0, 0.05) is 19.2 Å². The molecule has 0 saturated carbocycles. The van der Waals surface area contributed by atoms with E-state index in [1.807, 2.05) is 0 Å². The molecule has 0 spiro atoms. The number of hydrogen-bond acceptors (Lipinski definition) is 5. The van der Waals surface area contributed by atoms with Gasteiger partial charge in [-0.1, -0.05) is 11.2 Å². The molecule has 0 aliphatic carbocycles. The minimum absolute atomic E-state index is 0.188. The van der Waals surface area contributed by atoms with Gasteiger partial charge in [-0.05, 0) is 19.8 Å². The SMILES string of the molecule is C=CCCOC(=O)N1CCCN1C(=O)c1cc(C)on1. The molecule has 1 aliphatic rings. The molecule has 108 valence electrons. The number of aromatic nitrogens is 1. The van der Waals surface area contributed by atoms with Crippen LogP contribution in [0.4, 0.5) is 4.79 Å². The van der Waals surface area contributed by atoms with Gasteiger partial charge in [-0.15, -0.1) is 6.58 Å². The molecule has 1 saturated heterocycles. The summed E-state index contributed by atoms with van der Waals surface area (Å²) in [5, 5.41) is 6.31. The summed E-state index contributed by atoms with van der Waals surface area (Å²) in [6.45, 7) is 6.42. The van der Waals surface area contributed by atoms with E-state index in [4.69, 9.17) is 9.26 Å². The van der Waals surface area contributed by atoms with Crippen molar-refractivity contribution in [1.29, 1.82) is 0 Å². The predicted octanol–water partition coefficient (Wildman–Crippen LogP) is 1.76. The highest BCUT2D eigenvalue weighted by Crippen LogP contribution is 2.16. The van der Waals surface area contributed by atoms with Crippen LogP contribution in [0.2, 0.25) is 0 Å². The number of hydrazine groups is 1. The van der Waals surface area contributed by atoms with Crippen molar-refractivity contribution in [3.8, 4) is 0 Å². The second-order valence-corrected chi connectivity index (χ2v) is 4.42. The van der Waals surface area contributed by atoms with Crippen molar-refractivity contribution >= 4 is 12.0 Å². The quantitative estimate of drug-likeness (QED) is 0.620. The number of carbonyl (C=O) groups excluding carboxylic acids is 2. The Morgan fingerprint density at radius 2 is 2.25 bits per heavy atom. The van der Waals surface area contributed by atoms with Gasteiger partial charge in [0.2, 0.25) is 0 Å². The summed E-state index contributed by atoms with van der Waals surface area (Å²) in [5.74, 6) is 0.188. The summed E-state index contributed by atoms with van der Waals surface area (Å²) < 4.78 is 9.94. The molecule has 0 aromatic carbocycles. The zero-order valence-electron chi connectivity index (χ0n) is 11.4. The van der Waals surface area contributed by atoms with Crippen LogP contribution in [-0.2, 0) is 4.74 Å². The van der Waals surface area contributed by atoms with E-state index in [1.54, 1.807) is 19.1 Å². The summed E-state index contributed by atoms with van der Waals surface area (Å²) in [6, 6.07) is 1.54. The third kappa shape index (κ3) is 2.98. The number of amides is 2. The zero-order chi connectivity index (χ0) is 14.5. The van der Waals surface area contributed by atoms with Gasteiger partial charge < -0.3 is 9.26 Å². The van der Waals surface area contributed by atoms with Crippen LogP contribution in [-0.4, -0.2) is 46.9 Å². The molecule has 1 fully saturated rings. The number of ether oxygens (including phenoxy) is 1. The Balaban J connectivity index is 2.01. The van der Waals surface area contributed by atoms with Crippen molar-refractivity contribution in [2.75, 3.05) is 19.7 Å². The molecule has 7 heteroatoms. The van der Waals surface area contributed by atoms with Crippen LogP contribution in [0, 0.1) is 6.92 Å². The van der Waals surface area contributed by atoms with E-state index in [-0.39, 0.29) is 18.2 Å². The second kappa shape index (κ2) is 6.23. The Hall–Kier alpha value is -2.31. The molecular weight excluding hydrogens is 262 g/mol. The Labute approximate surface area is 116 Å². The topological polar surface area (TPSA) is 75.9 Å². The Kier molecular flexibility index (Phi) is 4.39. The Bertz CT molecular complexity index is 511. The highest BCUT2D eigenvalue weighted by molar-refractivity contribution is 5.93. The maximum atomic E-state index is 12.2. The van der Waals surface area contributed by atoms with Gasteiger partial charge in [-0.3, -0.25) is 4.79 Å². The van der Waals surface area contributed by atoms with Gasteiger partial charge in [0.05, 0.1) is 6.61 Å². The summed E-state index contributed by atoms with van der Waals surface area (Å²) in [6.07, 6.45) is 2.42. The fraction of sp³-hybridized carbons (Fsp3) is 0.462. The highest BCUT2D eigenvalue weighted by atomic mass is 16.6. The van der Waals surface area contributed by atoms with E-state index in [0.29, 0.717) is 31.7 Å². The molecule has 7 nitrogen and oxygen atoms in total. The molecule has 2 rings (SSSR count). The molecule has 0 N–H and O–H groups in total. The summed E-state index contributed by atoms with van der Waals surface area (Å²) in [5.41, 5.74) is 0.188. The van der Waals surface area contributed by atoms with E-state index in [0.717, 1.165) is 0 Å². The van der Waals surface area contributed by atoms with Crippen LogP contribution in [0.5, 0.6) is 0 Å². The minimum Gasteiger partial charge on any atom is -0.448 e. The van der Waals surface area contributed by atoms with Gasteiger partial charge in [0.15, 0.2) is 5.69 Å². The van der Waals surface area contributed by atoms with Crippen LogP contribution in [0.3, 0.4) is 0 Å². The maximum absolute atomic E-state index is 12.2. The van der Waals surface area contributed by atoms with Crippen LogP contribution < -0.4 is 0 Å². The minimum atomic E-state index is -0.530. The molecular formula is C13H17N3O4. The highest BCUT2D eigenvalue weighted by Gasteiger charge is 2.33. The molecule has 20 heavy (non-hydrogen) atoms. The van der Waals surface area contributed by atoms with Crippen LogP contribution >= 0.6 is 0 Å². The molecule has 0 unspecified atom stereocenters. The van der Waals surface area contributed by atoms with Crippen LogP contribution in [0.1, 0.15) is 29.1 Å². The van der Waals surface area contributed by atoms with Crippen LogP contribution in [0.15, 0.2) is 23.2 Å². The fourth-order valence-corrected chi connectivity index (χ4v) is 1.92. The molecule has 0 radical (unpaired) electrons. The van der Waals surface area contributed by atoms with Crippen molar-refractivity contribution < 1.29 is 18.8 Å². The summed E-state index contributed by atoms with van der Waals surface area (Å²) in [7, 11) is 0. The zero-order valence-corrected chi connectivity index (χ0v) is 11.4. The first-order valence-electron chi connectivity index (χ1n) is 6.43. The molecule has 0 bridgehead atoms. The van der Waals surface area contributed by atoms with Crippen molar-refractivity contribution in [3.05, 3.63) is 30.2 Å². The lowest BCUT2D eigenvalue weighted by Crippen LogP contribution is -2.45. The van der Waals surface area contributed by atoms with Gasteiger partial charge in [-0.2, -0.15) is 0 Å². The van der Waals surface area contributed by atoms with E-state index in [2.05, 4.69) is 11.7 Å². The Morgan fingerprint density at radius 3 is 2.90 bits per heavy atom. The lowest BCUT2D eigenvalue weighted by atomic mass is 10.3. The normalized spacial score (nSPS) is 14.4. The van der Waals surface area contributed by atoms with Crippen molar-refractivity contribution in [2.45, 2.75) is 19.8 Å². The second-order valence-electron chi connectivity index (χ2n) is 4.42. The number of rotatable bonds is 4. The average Bonchev–Trinajstić information content (AvgIpc) is 3.06. The first-order valence-corrected chi connectivity index (χ1v) is 6.43. The Morgan fingerprint density at radius 1 is 1.50 bits per heavy atom. The number of nitrogens with zero attached hydrogens (tertiary/aromatic N) is 3. The number of aryl methyl sites for hydroxylation is 1. The lowest BCUT2D eigenvalue weighted by Gasteiger charge is -2.26. The van der Waals surface area contributed by atoms with E-state index < -0.39 is 6.09 Å². The summed E-state index contributed by atoms with van der Waals surface area (Å²) in [4.78, 5) is 24.1. The van der Waals surface area contributed by atoms with Gasteiger partial charge in [0.25, 0.3) is 5.91 Å². The standard InChI is InChI=1S/C13H17N3O4/c1-3-4-8-19-13(18)16-7-5-6-15(16)12(17)11-9-10(2)20-14-11/h3,9H,1,4-8H2,2H3. The number of carbonyl (C=O) groups is 2. The molecule has 1 aromatic rings. The fourth-order valence-electron chi connectivity index (χ4n) is 1.92. The third-order valence-corrected chi connectivity index (χ3v) is 2.87. The molecule has 1 aromatic heterocycles. The van der Waals surface area contributed by atoms with E-state index in [9.17, 15) is 9.59 Å². The largest absolute Gasteiger partial charge is 0.448 e. The number of hydrogen-bond donors (Lipinski definition) is 0. The van der Waals surface area contributed by atoms with E-state index >= 15 is 0 Å². The summed E-state index contributed by atoms with van der Waals surface area (Å²) >= 11 is 0. The van der Waals surface area contributed by atoms with Crippen molar-refractivity contribution in [2.24, 2.45) is 0 Å². The molecule has 1 aliphatic heterocycles. The molecule has 0 atom stereocenters. The maximum Gasteiger partial charge on any atom is 0.428 e. The smallest absolute Gasteiger partial charge is 0.428 e. The van der Waals surface area contributed by atoms with Gasteiger partial charge in [-0.25, -0.2) is 14.8 Å². The van der Waals surface area contributed by atoms with Crippen molar-refractivity contribution in [1.82, 2.24) is 15.2 Å². The van der Waals surface area contributed by atoms with Gasteiger partial charge >= 0.3 is 6.09 Å².